The quantitative estimate of drug-likeness (QED) is 0.439. The maximum Gasteiger partial charge on any atom is 0.254 e. The Morgan fingerprint density at radius 1 is 0.944 bits per heavy atom. The molecule has 0 saturated carbocycles. The third-order valence-electron chi connectivity index (χ3n) is 7.06. The molecular weight excluding hydrogens is 462 g/mol. The van der Waals surface area contributed by atoms with Gasteiger partial charge in [0, 0.05) is 43.7 Å². The summed E-state index contributed by atoms with van der Waals surface area (Å²) in [6.07, 6.45) is 0. The van der Waals surface area contributed by atoms with Gasteiger partial charge in [0.15, 0.2) is 11.5 Å². The van der Waals surface area contributed by atoms with Crippen LogP contribution >= 0.6 is 0 Å². The van der Waals surface area contributed by atoms with Gasteiger partial charge >= 0.3 is 0 Å². The zero-order valence-electron chi connectivity index (χ0n) is 20.5. The van der Waals surface area contributed by atoms with E-state index in [4.69, 9.17) is 9.47 Å². The molecule has 0 N–H and O–H groups in total. The molecule has 0 spiro atoms. The molecule has 1 saturated heterocycles. The Bertz CT molecular complexity index is 1210. The van der Waals surface area contributed by atoms with E-state index in [-0.39, 0.29) is 42.2 Å². The van der Waals surface area contributed by atoms with Crippen LogP contribution in [0.2, 0.25) is 0 Å². The number of hydrogen-bond donors (Lipinski definition) is 0. The summed E-state index contributed by atoms with van der Waals surface area (Å²) in [5, 5.41) is 0. The Hall–Kier alpha value is -3.45. The molecule has 2 heterocycles. The minimum absolute atomic E-state index is 0.0284. The van der Waals surface area contributed by atoms with Crippen molar-refractivity contribution in [3.05, 3.63) is 95.1 Å². The molecule has 2 aliphatic rings. The number of likely N-dealkylation sites (tertiary alicyclic amines) is 1. The summed E-state index contributed by atoms with van der Waals surface area (Å²) >= 11 is 0. The number of benzene rings is 3. The Kier molecular flexibility index (Phi) is 6.92. The summed E-state index contributed by atoms with van der Waals surface area (Å²) in [6.45, 7) is 7.09. The lowest BCUT2D eigenvalue weighted by Gasteiger charge is -2.32. The van der Waals surface area contributed by atoms with Crippen LogP contribution in [0, 0.1) is 17.6 Å². The van der Waals surface area contributed by atoms with Crippen LogP contribution in [-0.4, -0.2) is 48.2 Å². The van der Waals surface area contributed by atoms with Gasteiger partial charge in [-0.1, -0.05) is 18.2 Å². The van der Waals surface area contributed by atoms with E-state index >= 15 is 0 Å². The first-order chi connectivity index (χ1) is 17.4. The predicted octanol–water partition coefficient (Wildman–Crippen LogP) is 5.46. The molecule has 0 aliphatic carbocycles. The Morgan fingerprint density at radius 3 is 2.31 bits per heavy atom. The van der Waals surface area contributed by atoms with Crippen LogP contribution in [0.25, 0.3) is 0 Å². The van der Waals surface area contributed by atoms with Crippen LogP contribution < -0.4 is 9.47 Å². The number of carbonyl (C=O) groups is 1. The normalized spacial score (nSPS) is 19.1. The maximum atomic E-state index is 13.7. The molecule has 2 atom stereocenters. The second-order valence-corrected chi connectivity index (χ2v) is 9.86. The first-order valence-electron chi connectivity index (χ1n) is 12.3. The van der Waals surface area contributed by atoms with E-state index in [1.54, 1.807) is 0 Å². The number of rotatable bonds is 7. The molecule has 2 unspecified atom stereocenters. The molecule has 7 heteroatoms. The van der Waals surface area contributed by atoms with E-state index in [1.165, 1.54) is 36.4 Å². The minimum Gasteiger partial charge on any atom is -0.454 e. The predicted molar refractivity (Wildman–Crippen MR) is 133 cm³/mol. The summed E-state index contributed by atoms with van der Waals surface area (Å²) in [6, 6.07) is 18.4. The number of carbonyl (C=O) groups excluding carboxylic acids is 1. The van der Waals surface area contributed by atoms with Crippen molar-refractivity contribution in [2.45, 2.75) is 32.4 Å². The van der Waals surface area contributed by atoms with Gasteiger partial charge in [0.2, 0.25) is 6.79 Å². The van der Waals surface area contributed by atoms with Crippen molar-refractivity contribution >= 4 is 5.91 Å². The molecule has 0 aromatic heterocycles. The van der Waals surface area contributed by atoms with Crippen LogP contribution in [0.15, 0.2) is 66.7 Å². The molecule has 0 radical (unpaired) electrons. The van der Waals surface area contributed by atoms with Crippen LogP contribution in [0.1, 0.15) is 41.3 Å². The van der Waals surface area contributed by atoms with Crippen LogP contribution in [0.5, 0.6) is 11.5 Å². The number of fused-ring (bicyclic) bond motifs is 1. The molecule has 188 valence electrons. The molecule has 5 nitrogen and oxygen atoms in total. The number of nitrogens with zero attached hydrogens (tertiary/aromatic N) is 2. The molecule has 1 amide bonds. The van der Waals surface area contributed by atoms with E-state index in [0.29, 0.717) is 12.1 Å². The minimum atomic E-state index is -0.367. The lowest BCUT2D eigenvalue weighted by atomic mass is 9.88. The molecule has 3 aromatic rings. The summed E-state index contributed by atoms with van der Waals surface area (Å²) in [5.74, 6) is 1.06. The highest BCUT2D eigenvalue weighted by atomic mass is 19.1. The van der Waals surface area contributed by atoms with Crippen LogP contribution in [0.4, 0.5) is 8.78 Å². The lowest BCUT2D eigenvalue weighted by Crippen LogP contribution is -2.42. The Labute approximate surface area is 210 Å². The molecule has 5 rings (SSSR count). The van der Waals surface area contributed by atoms with Gasteiger partial charge < -0.3 is 14.4 Å². The van der Waals surface area contributed by atoms with E-state index < -0.39 is 0 Å². The van der Waals surface area contributed by atoms with Gasteiger partial charge in [0.1, 0.15) is 11.6 Å². The average molecular weight is 493 g/mol. The molecule has 36 heavy (non-hydrogen) atoms. The fourth-order valence-corrected chi connectivity index (χ4v) is 5.20. The van der Waals surface area contributed by atoms with Crippen molar-refractivity contribution in [1.29, 1.82) is 0 Å². The topological polar surface area (TPSA) is 42.0 Å². The van der Waals surface area contributed by atoms with Gasteiger partial charge in [-0.3, -0.25) is 9.69 Å². The molecule has 0 bridgehead atoms. The number of amides is 1. The number of hydrogen-bond acceptors (Lipinski definition) is 4. The summed E-state index contributed by atoms with van der Waals surface area (Å²) in [4.78, 5) is 17.6. The van der Waals surface area contributed by atoms with E-state index in [2.05, 4.69) is 4.90 Å². The van der Waals surface area contributed by atoms with Gasteiger partial charge in [-0.2, -0.15) is 0 Å². The van der Waals surface area contributed by atoms with Crippen molar-refractivity contribution in [2.75, 3.05) is 26.4 Å². The van der Waals surface area contributed by atoms with Crippen molar-refractivity contribution in [3.63, 3.8) is 0 Å². The summed E-state index contributed by atoms with van der Waals surface area (Å²) < 4.78 is 38.1. The van der Waals surface area contributed by atoms with Crippen molar-refractivity contribution in [1.82, 2.24) is 9.80 Å². The first-order valence-corrected chi connectivity index (χ1v) is 12.3. The van der Waals surface area contributed by atoms with Gasteiger partial charge in [0.05, 0.1) is 0 Å². The van der Waals surface area contributed by atoms with E-state index in [1.807, 2.05) is 49.1 Å². The molecular formula is C29H30F2N2O3. The first kappa shape index (κ1) is 24.3. The van der Waals surface area contributed by atoms with E-state index in [0.717, 1.165) is 42.3 Å². The van der Waals surface area contributed by atoms with Gasteiger partial charge in [-0.05, 0) is 79.4 Å². The zero-order valence-corrected chi connectivity index (χ0v) is 20.5. The molecule has 2 aliphatic heterocycles. The fraction of sp³-hybridized carbons (Fsp3) is 0.345. The summed E-state index contributed by atoms with van der Waals surface area (Å²) in [7, 11) is 0. The van der Waals surface area contributed by atoms with Gasteiger partial charge in [0.25, 0.3) is 5.91 Å². The Balaban J connectivity index is 1.37. The monoisotopic (exact) mass is 492 g/mol. The second kappa shape index (κ2) is 10.3. The summed E-state index contributed by atoms with van der Waals surface area (Å²) in [5.41, 5.74) is 2.66. The lowest BCUT2D eigenvalue weighted by molar-refractivity contribution is 0.0668. The van der Waals surface area contributed by atoms with Crippen molar-refractivity contribution in [3.8, 4) is 11.5 Å². The highest BCUT2D eigenvalue weighted by molar-refractivity contribution is 5.94. The third-order valence-corrected chi connectivity index (χ3v) is 7.06. The van der Waals surface area contributed by atoms with E-state index in [9.17, 15) is 13.6 Å². The second-order valence-electron chi connectivity index (χ2n) is 9.86. The van der Waals surface area contributed by atoms with Crippen molar-refractivity contribution < 1.29 is 23.0 Å². The van der Waals surface area contributed by atoms with Gasteiger partial charge in [-0.25, -0.2) is 8.78 Å². The van der Waals surface area contributed by atoms with Crippen molar-refractivity contribution in [2.24, 2.45) is 5.92 Å². The fourth-order valence-electron chi connectivity index (χ4n) is 5.20. The number of halogens is 2. The standard InChI is InChI=1S/C29H30F2N2O3/c1-19(2)33(29(34)22-6-10-25(31)11-7-22)16-23-15-32(17-26(23)21-4-8-24(30)9-5-21)14-20-3-12-27-28(13-20)36-18-35-27/h3-13,19,23,26H,14-18H2,1-2H3. The highest BCUT2D eigenvalue weighted by Crippen LogP contribution is 2.37. The van der Waals surface area contributed by atoms with Crippen LogP contribution in [0.3, 0.4) is 0 Å². The largest absolute Gasteiger partial charge is 0.454 e. The number of ether oxygens (including phenoxy) is 2. The third kappa shape index (κ3) is 5.21. The SMILES string of the molecule is CC(C)N(CC1CN(Cc2ccc3c(c2)OCO3)CC1c1ccc(F)cc1)C(=O)c1ccc(F)cc1. The maximum absolute atomic E-state index is 13.7. The van der Waals surface area contributed by atoms with Gasteiger partial charge in [-0.15, -0.1) is 0 Å². The smallest absolute Gasteiger partial charge is 0.254 e. The zero-order chi connectivity index (χ0) is 25.2. The average Bonchev–Trinajstić information content (AvgIpc) is 3.49. The Morgan fingerprint density at radius 2 is 1.61 bits per heavy atom. The van der Waals surface area contributed by atoms with Crippen LogP contribution in [-0.2, 0) is 6.54 Å². The molecule has 1 fully saturated rings. The highest BCUT2D eigenvalue weighted by Gasteiger charge is 2.36. The molecule has 3 aromatic carbocycles.